The lowest BCUT2D eigenvalue weighted by molar-refractivity contribution is 0.599. The number of thiazole rings is 1. The van der Waals surface area contributed by atoms with Crippen molar-refractivity contribution in [1.82, 2.24) is 4.98 Å². The molecule has 108 valence electrons. The van der Waals surface area contributed by atoms with Crippen molar-refractivity contribution < 1.29 is 12.8 Å². The standard InChI is InChI=1S/C13H8ClFN2O2S2/c14-8-1-6-11-12(7-8)20-13(16-11)17-21(18,19)10-4-2-9(15)3-5-10/h1-7H,(H,16,17). The number of benzene rings is 2. The van der Waals surface area contributed by atoms with Crippen LogP contribution >= 0.6 is 22.9 Å². The van der Waals surface area contributed by atoms with E-state index in [0.29, 0.717) is 10.5 Å². The van der Waals surface area contributed by atoms with Crippen molar-refractivity contribution in [2.24, 2.45) is 0 Å². The summed E-state index contributed by atoms with van der Waals surface area (Å²) in [5, 5.41) is 0.788. The van der Waals surface area contributed by atoms with Crippen LogP contribution in [0.1, 0.15) is 0 Å². The number of rotatable bonds is 3. The van der Waals surface area contributed by atoms with Gasteiger partial charge in [0.05, 0.1) is 15.1 Å². The van der Waals surface area contributed by atoms with E-state index in [-0.39, 0.29) is 10.0 Å². The quantitative estimate of drug-likeness (QED) is 0.785. The Balaban J connectivity index is 1.95. The van der Waals surface area contributed by atoms with E-state index in [4.69, 9.17) is 11.6 Å². The molecule has 1 N–H and O–H groups in total. The Kier molecular flexibility index (Phi) is 3.56. The van der Waals surface area contributed by atoms with Crippen LogP contribution in [0, 0.1) is 5.82 Å². The molecule has 0 saturated carbocycles. The number of aromatic nitrogens is 1. The smallest absolute Gasteiger partial charge is 0.255 e. The highest BCUT2D eigenvalue weighted by Gasteiger charge is 2.16. The van der Waals surface area contributed by atoms with E-state index < -0.39 is 15.8 Å². The van der Waals surface area contributed by atoms with Crippen LogP contribution < -0.4 is 4.72 Å². The van der Waals surface area contributed by atoms with Crippen LogP contribution in [0.25, 0.3) is 10.2 Å². The van der Waals surface area contributed by atoms with Crippen LogP contribution in [-0.4, -0.2) is 13.4 Å². The van der Waals surface area contributed by atoms with E-state index in [9.17, 15) is 12.8 Å². The largest absolute Gasteiger partial charge is 0.263 e. The monoisotopic (exact) mass is 342 g/mol. The number of nitrogens with zero attached hydrogens (tertiary/aromatic N) is 1. The molecule has 0 unspecified atom stereocenters. The van der Waals surface area contributed by atoms with Gasteiger partial charge in [0, 0.05) is 5.02 Å². The van der Waals surface area contributed by atoms with Crippen molar-refractivity contribution in [2.75, 3.05) is 4.72 Å². The van der Waals surface area contributed by atoms with Crippen molar-refractivity contribution >= 4 is 48.3 Å². The Labute approximate surface area is 129 Å². The average Bonchev–Trinajstić information content (AvgIpc) is 2.79. The maximum atomic E-state index is 12.8. The first-order chi connectivity index (χ1) is 9.94. The first-order valence-corrected chi connectivity index (χ1v) is 8.46. The highest BCUT2D eigenvalue weighted by molar-refractivity contribution is 7.93. The van der Waals surface area contributed by atoms with Gasteiger partial charge in [-0.3, -0.25) is 4.72 Å². The Morgan fingerprint density at radius 1 is 1.14 bits per heavy atom. The maximum absolute atomic E-state index is 12.8. The molecule has 3 rings (SSSR count). The van der Waals surface area contributed by atoms with Gasteiger partial charge in [0.1, 0.15) is 5.82 Å². The lowest BCUT2D eigenvalue weighted by atomic mass is 10.3. The summed E-state index contributed by atoms with van der Waals surface area (Å²) in [5.41, 5.74) is 0.654. The molecule has 4 nitrogen and oxygen atoms in total. The van der Waals surface area contributed by atoms with Gasteiger partial charge >= 0.3 is 0 Å². The first kappa shape index (κ1) is 14.2. The number of nitrogens with one attached hydrogen (secondary N) is 1. The summed E-state index contributed by atoms with van der Waals surface area (Å²) in [6, 6.07) is 9.68. The van der Waals surface area contributed by atoms with Crippen LogP contribution in [-0.2, 0) is 10.0 Å². The van der Waals surface area contributed by atoms with Gasteiger partial charge in [-0.05, 0) is 42.5 Å². The van der Waals surface area contributed by atoms with Gasteiger partial charge < -0.3 is 0 Å². The van der Waals surface area contributed by atoms with Gasteiger partial charge in [-0.25, -0.2) is 17.8 Å². The molecule has 0 atom stereocenters. The minimum absolute atomic E-state index is 0.0267. The minimum Gasteiger partial charge on any atom is -0.255 e. The number of hydrogen-bond acceptors (Lipinski definition) is 4. The molecule has 0 amide bonds. The predicted molar refractivity (Wildman–Crippen MR) is 81.8 cm³/mol. The number of anilines is 1. The van der Waals surface area contributed by atoms with E-state index in [1.807, 2.05) is 0 Å². The van der Waals surface area contributed by atoms with Crippen molar-refractivity contribution in [2.45, 2.75) is 4.90 Å². The molecule has 0 saturated heterocycles. The summed E-state index contributed by atoms with van der Waals surface area (Å²) in [4.78, 5) is 4.15. The third kappa shape index (κ3) is 2.99. The van der Waals surface area contributed by atoms with E-state index in [2.05, 4.69) is 9.71 Å². The van der Waals surface area contributed by atoms with Crippen LogP contribution in [0.3, 0.4) is 0 Å². The molecule has 0 aliphatic rings. The van der Waals surface area contributed by atoms with E-state index in [1.54, 1.807) is 18.2 Å². The summed E-state index contributed by atoms with van der Waals surface area (Å²) >= 11 is 7.05. The van der Waals surface area contributed by atoms with Crippen molar-refractivity contribution in [1.29, 1.82) is 0 Å². The fraction of sp³-hybridized carbons (Fsp3) is 0. The molecule has 0 aliphatic heterocycles. The highest BCUT2D eigenvalue weighted by atomic mass is 35.5. The summed E-state index contributed by atoms with van der Waals surface area (Å²) in [5.74, 6) is -0.497. The van der Waals surface area contributed by atoms with Crippen LogP contribution in [0.15, 0.2) is 47.4 Å². The third-order valence-corrected chi connectivity index (χ3v) is 5.35. The summed E-state index contributed by atoms with van der Waals surface area (Å²) in [6.07, 6.45) is 0. The zero-order valence-corrected chi connectivity index (χ0v) is 12.8. The summed E-state index contributed by atoms with van der Waals surface area (Å²) in [6.45, 7) is 0. The molecule has 0 aliphatic carbocycles. The lowest BCUT2D eigenvalue weighted by Crippen LogP contribution is -2.12. The van der Waals surface area contributed by atoms with Gasteiger partial charge in [0.2, 0.25) is 0 Å². The minimum atomic E-state index is -3.79. The molecular weight excluding hydrogens is 335 g/mol. The van der Waals surface area contributed by atoms with Crippen molar-refractivity contribution in [3.63, 3.8) is 0 Å². The normalized spacial score (nSPS) is 11.7. The topological polar surface area (TPSA) is 59.1 Å². The van der Waals surface area contributed by atoms with Gasteiger partial charge in [-0.15, -0.1) is 0 Å². The number of halogens is 2. The van der Waals surface area contributed by atoms with Gasteiger partial charge in [0.25, 0.3) is 10.0 Å². The van der Waals surface area contributed by atoms with Crippen LogP contribution in [0.2, 0.25) is 5.02 Å². The van der Waals surface area contributed by atoms with E-state index in [1.165, 1.54) is 23.5 Å². The van der Waals surface area contributed by atoms with Gasteiger partial charge in [0.15, 0.2) is 5.13 Å². The average molecular weight is 343 g/mol. The van der Waals surface area contributed by atoms with Crippen LogP contribution in [0.4, 0.5) is 9.52 Å². The highest BCUT2D eigenvalue weighted by Crippen LogP contribution is 2.29. The Morgan fingerprint density at radius 2 is 1.86 bits per heavy atom. The van der Waals surface area contributed by atoms with Crippen LogP contribution in [0.5, 0.6) is 0 Å². The molecule has 8 heteroatoms. The molecule has 0 bridgehead atoms. The fourth-order valence-corrected chi connectivity index (χ4v) is 4.11. The van der Waals surface area contributed by atoms with Gasteiger partial charge in [-0.1, -0.05) is 22.9 Å². The number of hydrogen-bond donors (Lipinski definition) is 1. The molecule has 1 heterocycles. The van der Waals surface area contributed by atoms with E-state index in [0.717, 1.165) is 16.8 Å². The SMILES string of the molecule is O=S(=O)(Nc1nc2ccc(Cl)cc2s1)c1ccc(F)cc1. The molecular formula is C13H8ClFN2O2S2. The van der Waals surface area contributed by atoms with Gasteiger partial charge in [-0.2, -0.15) is 0 Å². The molecule has 1 aromatic heterocycles. The molecule has 0 spiro atoms. The zero-order valence-electron chi connectivity index (χ0n) is 10.4. The van der Waals surface area contributed by atoms with E-state index >= 15 is 0 Å². The fourth-order valence-electron chi connectivity index (χ4n) is 1.73. The lowest BCUT2D eigenvalue weighted by Gasteiger charge is -2.04. The third-order valence-electron chi connectivity index (χ3n) is 2.70. The Hall–Kier alpha value is -1.70. The molecule has 2 aromatic carbocycles. The molecule has 3 aromatic rings. The summed E-state index contributed by atoms with van der Waals surface area (Å²) in [7, 11) is -3.79. The van der Waals surface area contributed by atoms with Crippen molar-refractivity contribution in [3.05, 3.63) is 53.3 Å². The zero-order chi connectivity index (χ0) is 15.0. The first-order valence-electron chi connectivity index (χ1n) is 5.78. The number of fused-ring (bicyclic) bond motifs is 1. The Morgan fingerprint density at radius 3 is 2.57 bits per heavy atom. The summed E-state index contributed by atoms with van der Waals surface area (Å²) < 4.78 is 40.3. The predicted octanol–water partition coefficient (Wildman–Crippen LogP) is 3.89. The second-order valence-electron chi connectivity index (χ2n) is 4.19. The second-order valence-corrected chi connectivity index (χ2v) is 7.34. The Bertz CT molecular complexity index is 908. The number of sulfonamides is 1. The molecule has 21 heavy (non-hydrogen) atoms. The molecule has 0 fully saturated rings. The second kappa shape index (κ2) is 5.25. The molecule has 0 radical (unpaired) electrons. The maximum Gasteiger partial charge on any atom is 0.263 e. The van der Waals surface area contributed by atoms with Crippen molar-refractivity contribution in [3.8, 4) is 0 Å².